The Labute approximate surface area is 124 Å². The van der Waals surface area contributed by atoms with Crippen LogP contribution in [0.5, 0.6) is 0 Å². The van der Waals surface area contributed by atoms with Gasteiger partial charge in [0.05, 0.1) is 0 Å². The SMILES string of the molecule is CNC(CCc1ccccc1)c1c(Cl)cccc1Cl. The van der Waals surface area contributed by atoms with Gasteiger partial charge in [-0.1, -0.05) is 59.6 Å². The first-order valence-electron chi connectivity index (χ1n) is 6.37. The molecule has 0 aromatic heterocycles. The standard InChI is InChI=1S/C16H17Cl2N/c1-19-15(11-10-12-6-3-2-4-7-12)16-13(17)8-5-9-14(16)18/h2-9,15,19H,10-11H2,1H3. The molecule has 0 fully saturated rings. The Morgan fingerprint density at radius 2 is 1.58 bits per heavy atom. The quantitative estimate of drug-likeness (QED) is 0.828. The number of rotatable bonds is 5. The summed E-state index contributed by atoms with van der Waals surface area (Å²) in [5.74, 6) is 0. The van der Waals surface area contributed by atoms with Crippen LogP contribution in [0.1, 0.15) is 23.6 Å². The summed E-state index contributed by atoms with van der Waals surface area (Å²) < 4.78 is 0. The molecule has 1 atom stereocenters. The van der Waals surface area contributed by atoms with Gasteiger partial charge < -0.3 is 5.32 Å². The maximum atomic E-state index is 6.26. The molecule has 0 saturated carbocycles. The molecule has 0 bridgehead atoms. The molecule has 3 heteroatoms. The second-order valence-electron chi connectivity index (χ2n) is 4.50. The van der Waals surface area contributed by atoms with Crippen molar-refractivity contribution in [3.05, 3.63) is 69.7 Å². The number of benzene rings is 2. The van der Waals surface area contributed by atoms with Gasteiger partial charge in [-0.3, -0.25) is 0 Å². The first kappa shape index (κ1) is 14.4. The summed E-state index contributed by atoms with van der Waals surface area (Å²) in [7, 11) is 1.94. The zero-order valence-corrected chi connectivity index (χ0v) is 12.4. The largest absolute Gasteiger partial charge is 0.313 e. The maximum Gasteiger partial charge on any atom is 0.0468 e. The Kier molecular flexibility index (Phi) is 5.26. The van der Waals surface area contributed by atoms with Crippen molar-refractivity contribution in [1.29, 1.82) is 0 Å². The minimum absolute atomic E-state index is 0.168. The van der Waals surface area contributed by atoms with Crippen molar-refractivity contribution in [2.24, 2.45) is 0 Å². The monoisotopic (exact) mass is 293 g/mol. The van der Waals surface area contributed by atoms with Gasteiger partial charge in [-0.15, -0.1) is 0 Å². The Bertz CT molecular complexity index is 505. The second-order valence-corrected chi connectivity index (χ2v) is 5.32. The molecule has 0 saturated heterocycles. The van der Waals surface area contributed by atoms with Crippen LogP contribution in [0.15, 0.2) is 48.5 Å². The van der Waals surface area contributed by atoms with Crippen LogP contribution in [0.2, 0.25) is 10.0 Å². The van der Waals surface area contributed by atoms with Gasteiger partial charge in [0.1, 0.15) is 0 Å². The summed E-state index contributed by atoms with van der Waals surface area (Å²) in [6, 6.07) is 16.2. The molecule has 1 N–H and O–H groups in total. The van der Waals surface area contributed by atoms with E-state index in [1.54, 1.807) is 0 Å². The highest BCUT2D eigenvalue weighted by Gasteiger charge is 2.16. The van der Waals surface area contributed by atoms with Gasteiger partial charge in [0, 0.05) is 21.7 Å². The van der Waals surface area contributed by atoms with Crippen LogP contribution in [-0.2, 0) is 6.42 Å². The lowest BCUT2D eigenvalue weighted by Crippen LogP contribution is -2.18. The van der Waals surface area contributed by atoms with Crippen molar-refractivity contribution >= 4 is 23.2 Å². The van der Waals surface area contributed by atoms with E-state index in [1.165, 1.54) is 5.56 Å². The molecule has 0 heterocycles. The van der Waals surface area contributed by atoms with Gasteiger partial charge in [-0.25, -0.2) is 0 Å². The highest BCUT2D eigenvalue weighted by Crippen LogP contribution is 2.32. The van der Waals surface area contributed by atoms with E-state index in [4.69, 9.17) is 23.2 Å². The Hall–Kier alpha value is -1.02. The normalized spacial score (nSPS) is 12.4. The Morgan fingerprint density at radius 1 is 0.947 bits per heavy atom. The van der Waals surface area contributed by atoms with Crippen LogP contribution in [0.25, 0.3) is 0 Å². The van der Waals surface area contributed by atoms with Gasteiger partial charge >= 0.3 is 0 Å². The van der Waals surface area contributed by atoms with Crippen molar-refractivity contribution in [3.8, 4) is 0 Å². The molecule has 19 heavy (non-hydrogen) atoms. The van der Waals surface area contributed by atoms with Gasteiger partial charge in [0.2, 0.25) is 0 Å². The molecule has 0 aliphatic rings. The lowest BCUT2D eigenvalue weighted by Gasteiger charge is -2.19. The summed E-state index contributed by atoms with van der Waals surface area (Å²) in [4.78, 5) is 0. The van der Waals surface area contributed by atoms with E-state index in [9.17, 15) is 0 Å². The summed E-state index contributed by atoms with van der Waals surface area (Å²) >= 11 is 12.5. The van der Waals surface area contributed by atoms with Gasteiger partial charge in [0.25, 0.3) is 0 Å². The summed E-state index contributed by atoms with van der Waals surface area (Å²) in [5, 5.41) is 4.75. The number of nitrogens with one attached hydrogen (secondary N) is 1. The first-order chi connectivity index (χ1) is 9.22. The Morgan fingerprint density at radius 3 is 2.16 bits per heavy atom. The van der Waals surface area contributed by atoms with E-state index < -0.39 is 0 Å². The van der Waals surface area contributed by atoms with Gasteiger partial charge in [0.15, 0.2) is 0 Å². The van der Waals surface area contributed by atoms with E-state index in [0.717, 1.165) is 28.5 Å². The highest BCUT2D eigenvalue weighted by atomic mass is 35.5. The molecule has 2 aromatic carbocycles. The molecule has 1 unspecified atom stereocenters. The minimum Gasteiger partial charge on any atom is -0.313 e. The van der Waals surface area contributed by atoms with Gasteiger partial charge in [-0.05, 0) is 37.6 Å². The number of aryl methyl sites for hydroxylation is 1. The predicted octanol–water partition coefficient (Wildman–Crippen LogP) is 4.89. The molecular formula is C16H17Cl2N. The molecule has 0 radical (unpaired) electrons. The minimum atomic E-state index is 0.168. The molecule has 100 valence electrons. The third kappa shape index (κ3) is 3.73. The van der Waals surface area contributed by atoms with Crippen LogP contribution in [-0.4, -0.2) is 7.05 Å². The molecule has 0 spiro atoms. The molecular weight excluding hydrogens is 277 g/mol. The van der Waals surface area contributed by atoms with E-state index in [2.05, 4.69) is 29.6 Å². The summed E-state index contributed by atoms with van der Waals surface area (Å²) in [6.07, 6.45) is 1.96. The number of halogens is 2. The smallest absolute Gasteiger partial charge is 0.0468 e. The zero-order chi connectivity index (χ0) is 13.7. The fraction of sp³-hybridized carbons (Fsp3) is 0.250. The molecule has 2 aromatic rings. The lowest BCUT2D eigenvalue weighted by molar-refractivity contribution is 0.549. The van der Waals surface area contributed by atoms with E-state index >= 15 is 0 Å². The predicted molar refractivity (Wildman–Crippen MR) is 83.0 cm³/mol. The van der Waals surface area contributed by atoms with Crippen molar-refractivity contribution < 1.29 is 0 Å². The number of hydrogen-bond donors (Lipinski definition) is 1. The molecule has 1 nitrogen and oxygen atoms in total. The second kappa shape index (κ2) is 6.95. The lowest BCUT2D eigenvalue weighted by atomic mass is 9.99. The average molecular weight is 294 g/mol. The molecule has 0 amide bonds. The van der Waals surface area contributed by atoms with Crippen molar-refractivity contribution in [2.45, 2.75) is 18.9 Å². The highest BCUT2D eigenvalue weighted by molar-refractivity contribution is 6.36. The van der Waals surface area contributed by atoms with Crippen LogP contribution >= 0.6 is 23.2 Å². The zero-order valence-electron chi connectivity index (χ0n) is 10.9. The number of hydrogen-bond acceptors (Lipinski definition) is 1. The third-order valence-electron chi connectivity index (χ3n) is 3.26. The van der Waals surface area contributed by atoms with Gasteiger partial charge in [-0.2, -0.15) is 0 Å². The van der Waals surface area contributed by atoms with Crippen LogP contribution < -0.4 is 5.32 Å². The van der Waals surface area contributed by atoms with Crippen molar-refractivity contribution in [1.82, 2.24) is 5.32 Å². The fourth-order valence-electron chi connectivity index (χ4n) is 2.23. The van der Waals surface area contributed by atoms with Crippen LogP contribution in [0.4, 0.5) is 0 Å². The van der Waals surface area contributed by atoms with Crippen LogP contribution in [0.3, 0.4) is 0 Å². The summed E-state index contributed by atoms with van der Waals surface area (Å²) in [5.41, 5.74) is 2.31. The molecule has 2 rings (SSSR count). The molecule has 0 aliphatic carbocycles. The first-order valence-corrected chi connectivity index (χ1v) is 7.13. The Balaban J connectivity index is 2.12. The summed E-state index contributed by atoms with van der Waals surface area (Å²) in [6.45, 7) is 0. The average Bonchev–Trinajstić information content (AvgIpc) is 2.43. The fourth-order valence-corrected chi connectivity index (χ4v) is 2.89. The third-order valence-corrected chi connectivity index (χ3v) is 3.92. The van der Waals surface area contributed by atoms with Crippen LogP contribution in [0, 0.1) is 0 Å². The van der Waals surface area contributed by atoms with E-state index in [1.807, 2.05) is 31.3 Å². The topological polar surface area (TPSA) is 12.0 Å². The van der Waals surface area contributed by atoms with E-state index in [0.29, 0.717) is 0 Å². The van der Waals surface area contributed by atoms with E-state index in [-0.39, 0.29) is 6.04 Å². The van der Waals surface area contributed by atoms with Crippen molar-refractivity contribution in [3.63, 3.8) is 0 Å². The molecule has 0 aliphatic heterocycles. The maximum absolute atomic E-state index is 6.26. The van der Waals surface area contributed by atoms with Crippen molar-refractivity contribution in [2.75, 3.05) is 7.05 Å².